The molecule has 1 heterocycles. The first-order chi connectivity index (χ1) is 19.7. The topological polar surface area (TPSA) is 114 Å². The SMILES string of the molecule is COc1cccc(CN(C(=O)CCCN(c2ccc3c(c2)OCCO3)S(C)(=O)=O)C(C)C(=O)NC2CCCCC2)c1. The van der Waals surface area contributed by atoms with Crippen molar-refractivity contribution < 1.29 is 32.2 Å². The minimum atomic E-state index is -3.63. The Balaban J connectivity index is 1.46. The molecule has 0 bridgehead atoms. The lowest BCUT2D eigenvalue weighted by atomic mass is 9.95. The average molecular weight is 588 g/mol. The van der Waals surface area contributed by atoms with E-state index in [2.05, 4.69) is 5.32 Å². The van der Waals surface area contributed by atoms with Crippen LogP contribution in [-0.2, 0) is 26.2 Å². The molecule has 0 aromatic heterocycles. The van der Waals surface area contributed by atoms with E-state index in [-0.39, 0.29) is 43.8 Å². The number of amides is 2. The number of sulfonamides is 1. The molecule has 1 atom stereocenters. The fourth-order valence-corrected chi connectivity index (χ4v) is 6.27. The van der Waals surface area contributed by atoms with Crippen molar-refractivity contribution in [1.82, 2.24) is 10.2 Å². The molecule has 11 heteroatoms. The van der Waals surface area contributed by atoms with Crippen molar-refractivity contribution in [1.29, 1.82) is 0 Å². The second-order valence-corrected chi connectivity index (χ2v) is 12.6. The van der Waals surface area contributed by atoms with Crippen LogP contribution < -0.4 is 23.8 Å². The zero-order valence-electron chi connectivity index (χ0n) is 24.1. The van der Waals surface area contributed by atoms with Crippen LogP contribution in [0, 0.1) is 0 Å². The summed E-state index contributed by atoms with van der Waals surface area (Å²) in [4.78, 5) is 28.4. The van der Waals surface area contributed by atoms with Gasteiger partial charge in [0.15, 0.2) is 11.5 Å². The number of hydrogen-bond donors (Lipinski definition) is 1. The fourth-order valence-electron chi connectivity index (χ4n) is 5.31. The Bertz CT molecular complexity index is 1310. The molecular weight excluding hydrogens is 546 g/mol. The van der Waals surface area contributed by atoms with Crippen LogP contribution >= 0.6 is 0 Å². The van der Waals surface area contributed by atoms with Gasteiger partial charge in [-0.1, -0.05) is 31.4 Å². The number of nitrogens with one attached hydrogen (secondary N) is 1. The van der Waals surface area contributed by atoms with E-state index in [1.165, 1.54) is 10.7 Å². The Morgan fingerprint density at radius 1 is 1.05 bits per heavy atom. The van der Waals surface area contributed by atoms with Gasteiger partial charge in [-0.2, -0.15) is 0 Å². The van der Waals surface area contributed by atoms with Crippen LogP contribution in [0.2, 0.25) is 0 Å². The van der Waals surface area contributed by atoms with Crippen LogP contribution in [0.4, 0.5) is 5.69 Å². The summed E-state index contributed by atoms with van der Waals surface area (Å²) < 4.78 is 43.2. The Kier molecular flexibility index (Phi) is 10.4. The molecule has 4 rings (SSSR count). The molecule has 1 saturated carbocycles. The van der Waals surface area contributed by atoms with E-state index < -0.39 is 16.1 Å². The summed E-state index contributed by atoms with van der Waals surface area (Å²) in [6.45, 7) is 2.90. The van der Waals surface area contributed by atoms with E-state index in [1.54, 1.807) is 37.1 Å². The van der Waals surface area contributed by atoms with Gasteiger partial charge in [-0.15, -0.1) is 0 Å². The molecule has 41 heavy (non-hydrogen) atoms. The molecule has 0 radical (unpaired) electrons. The number of rotatable bonds is 12. The van der Waals surface area contributed by atoms with E-state index in [9.17, 15) is 18.0 Å². The van der Waals surface area contributed by atoms with Crippen LogP contribution in [0.15, 0.2) is 42.5 Å². The summed E-state index contributed by atoms with van der Waals surface area (Å²) in [7, 11) is -2.05. The summed E-state index contributed by atoms with van der Waals surface area (Å²) in [6.07, 6.45) is 6.73. The maximum atomic E-state index is 13.6. The van der Waals surface area contributed by atoms with Crippen LogP contribution in [0.3, 0.4) is 0 Å². The number of ether oxygens (including phenoxy) is 3. The zero-order chi connectivity index (χ0) is 29.4. The third kappa shape index (κ3) is 8.28. The summed E-state index contributed by atoms with van der Waals surface area (Å²) in [5.41, 5.74) is 1.28. The van der Waals surface area contributed by atoms with Crippen LogP contribution in [0.1, 0.15) is 57.4 Å². The normalized spacial score (nSPS) is 16.0. The van der Waals surface area contributed by atoms with E-state index >= 15 is 0 Å². The number of hydrogen-bond acceptors (Lipinski definition) is 7. The highest BCUT2D eigenvalue weighted by atomic mass is 32.2. The van der Waals surface area contributed by atoms with Gasteiger partial charge in [-0.3, -0.25) is 13.9 Å². The summed E-state index contributed by atoms with van der Waals surface area (Å²) in [5.74, 6) is 1.31. The quantitative estimate of drug-likeness (QED) is 0.401. The predicted molar refractivity (Wildman–Crippen MR) is 157 cm³/mol. The van der Waals surface area contributed by atoms with Gasteiger partial charge in [0.2, 0.25) is 21.8 Å². The number of methoxy groups -OCH3 is 1. The van der Waals surface area contributed by atoms with Gasteiger partial charge in [0.1, 0.15) is 25.0 Å². The summed E-state index contributed by atoms with van der Waals surface area (Å²) in [6, 6.07) is 11.8. The molecule has 1 aliphatic heterocycles. The summed E-state index contributed by atoms with van der Waals surface area (Å²) in [5, 5.41) is 3.14. The molecule has 2 aliphatic rings. The van der Waals surface area contributed by atoms with Crippen molar-refractivity contribution in [2.24, 2.45) is 0 Å². The maximum Gasteiger partial charge on any atom is 0.242 e. The second kappa shape index (κ2) is 13.9. The first kappa shape index (κ1) is 30.5. The lowest BCUT2D eigenvalue weighted by Gasteiger charge is -2.31. The van der Waals surface area contributed by atoms with Gasteiger partial charge in [-0.05, 0) is 56.0 Å². The zero-order valence-corrected chi connectivity index (χ0v) is 25.0. The first-order valence-electron chi connectivity index (χ1n) is 14.3. The molecule has 2 aromatic carbocycles. The van der Waals surface area contributed by atoms with E-state index in [1.807, 2.05) is 24.3 Å². The highest BCUT2D eigenvalue weighted by Gasteiger charge is 2.29. The minimum Gasteiger partial charge on any atom is -0.497 e. The van der Waals surface area contributed by atoms with Crippen molar-refractivity contribution in [2.45, 2.75) is 70.5 Å². The molecule has 0 spiro atoms. The van der Waals surface area contributed by atoms with Gasteiger partial charge in [0.05, 0.1) is 19.1 Å². The second-order valence-electron chi connectivity index (χ2n) is 10.7. The average Bonchev–Trinajstić information content (AvgIpc) is 2.97. The van der Waals surface area contributed by atoms with Crippen molar-refractivity contribution in [2.75, 3.05) is 37.4 Å². The lowest BCUT2D eigenvalue weighted by Crippen LogP contribution is -2.50. The number of carbonyl (C=O) groups is 2. The smallest absolute Gasteiger partial charge is 0.242 e. The molecule has 2 amide bonds. The molecule has 2 aromatic rings. The van der Waals surface area contributed by atoms with Crippen LogP contribution in [0.5, 0.6) is 17.2 Å². The third-order valence-electron chi connectivity index (χ3n) is 7.57. The Morgan fingerprint density at radius 3 is 2.49 bits per heavy atom. The number of carbonyl (C=O) groups excluding carboxylic acids is 2. The molecule has 1 unspecified atom stereocenters. The number of anilines is 1. The van der Waals surface area contributed by atoms with Gasteiger partial charge in [-0.25, -0.2) is 8.42 Å². The van der Waals surface area contributed by atoms with Gasteiger partial charge in [0, 0.05) is 31.6 Å². The highest BCUT2D eigenvalue weighted by Crippen LogP contribution is 2.35. The molecule has 1 aliphatic carbocycles. The van der Waals surface area contributed by atoms with Crippen LogP contribution in [-0.4, -0.2) is 70.3 Å². The highest BCUT2D eigenvalue weighted by molar-refractivity contribution is 7.92. The van der Waals surface area contributed by atoms with Gasteiger partial charge < -0.3 is 24.4 Å². The third-order valence-corrected chi connectivity index (χ3v) is 8.77. The Morgan fingerprint density at radius 2 is 1.78 bits per heavy atom. The molecule has 0 saturated heterocycles. The van der Waals surface area contributed by atoms with Crippen molar-refractivity contribution in [3.63, 3.8) is 0 Å². The number of fused-ring (bicyclic) bond motifs is 1. The van der Waals surface area contributed by atoms with E-state index in [4.69, 9.17) is 14.2 Å². The first-order valence-corrected chi connectivity index (χ1v) is 16.1. The van der Waals surface area contributed by atoms with Crippen LogP contribution in [0.25, 0.3) is 0 Å². The molecular formula is C30H41N3O7S. The van der Waals surface area contributed by atoms with E-state index in [0.717, 1.165) is 37.5 Å². The van der Waals surface area contributed by atoms with Crippen molar-refractivity contribution in [3.8, 4) is 17.2 Å². The number of benzene rings is 2. The molecule has 224 valence electrons. The Hall–Kier alpha value is -3.47. The number of nitrogens with zero attached hydrogens (tertiary/aromatic N) is 2. The maximum absolute atomic E-state index is 13.6. The fraction of sp³-hybridized carbons (Fsp3) is 0.533. The van der Waals surface area contributed by atoms with Crippen molar-refractivity contribution in [3.05, 3.63) is 48.0 Å². The largest absolute Gasteiger partial charge is 0.497 e. The standard InChI is InChI=1S/C30H41N3O7S/c1-22(30(35)31-24-10-5-4-6-11-24)32(21-23-9-7-12-26(19-23)38-2)29(34)13-8-16-33(41(3,36)37)25-14-15-27-28(20-25)40-18-17-39-27/h7,9,12,14-15,19-20,22,24H,4-6,8,10-11,13,16-18,21H2,1-3H3,(H,31,35). The molecule has 1 N–H and O–H groups in total. The lowest BCUT2D eigenvalue weighted by molar-refractivity contribution is -0.141. The van der Waals surface area contributed by atoms with Crippen molar-refractivity contribution >= 4 is 27.5 Å². The predicted octanol–water partition coefficient (Wildman–Crippen LogP) is 3.88. The van der Waals surface area contributed by atoms with Gasteiger partial charge in [0.25, 0.3) is 0 Å². The molecule has 1 fully saturated rings. The monoisotopic (exact) mass is 587 g/mol. The molecule has 10 nitrogen and oxygen atoms in total. The van der Waals surface area contributed by atoms with E-state index in [0.29, 0.717) is 36.1 Å². The van der Waals surface area contributed by atoms with Gasteiger partial charge >= 0.3 is 0 Å². The Labute approximate surface area is 243 Å². The minimum absolute atomic E-state index is 0.0710. The summed E-state index contributed by atoms with van der Waals surface area (Å²) >= 11 is 0.